The molecular weight excluding hydrogens is 289 g/mol. The third-order valence-corrected chi connectivity index (χ3v) is 3.01. The fourth-order valence-corrected chi connectivity index (χ4v) is 1.79. The lowest BCUT2D eigenvalue weighted by Crippen LogP contribution is -1.97. The Kier molecular flexibility index (Phi) is 3.80. The summed E-state index contributed by atoms with van der Waals surface area (Å²) in [6, 6.07) is 13.2. The summed E-state index contributed by atoms with van der Waals surface area (Å²) in [6.45, 7) is 0.467. The minimum absolute atomic E-state index is 0.435. The van der Waals surface area contributed by atoms with Gasteiger partial charge in [0.25, 0.3) is 0 Å². The van der Waals surface area contributed by atoms with E-state index in [1.165, 1.54) is 0 Å². The first kappa shape index (κ1) is 11.4. The molecule has 4 heteroatoms. The van der Waals surface area contributed by atoms with Crippen molar-refractivity contribution in [2.75, 3.05) is 0 Å². The molecule has 0 fully saturated rings. The molecule has 0 aliphatic heterocycles. The van der Waals surface area contributed by atoms with Crippen LogP contribution in [0.2, 0.25) is 5.15 Å². The maximum atomic E-state index is 5.76. The highest BCUT2D eigenvalue weighted by atomic mass is 79.9. The molecule has 0 aliphatic carbocycles. The smallest absolute Gasteiger partial charge is 0.214 e. The summed E-state index contributed by atoms with van der Waals surface area (Å²) in [5.74, 6) is 0.531. The SMILES string of the molecule is Clc1cccc(OCc2ccccc2Br)n1. The molecule has 0 amide bonds. The van der Waals surface area contributed by atoms with Crippen LogP contribution < -0.4 is 4.74 Å². The molecule has 1 heterocycles. The number of ether oxygens (including phenoxy) is 1. The molecule has 0 aliphatic rings. The summed E-state index contributed by atoms with van der Waals surface area (Å²) in [5, 5.41) is 0.435. The molecule has 0 radical (unpaired) electrons. The highest BCUT2D eigenvalue weighted by Gasteiger charge is 2.01. The molecule has 16 heavy (non-hydrogen) atoms. The van der Waals surface area contributed by atoms with Crippen molar-refractivity contribution < 1.29 is 4.74 Å². The van der Waals surface area contributed by atoms with E-state index in [1.54, 1.807) is 12.1 Å². The molecule has 0 bridgehead atoms. The molecule has 2 aromatic rings. The second-order valence-electron chi connectivity index (χ2n) is 3.18. The van der Waals surface area contributed by atoms with Gasteiger partial charge in [-0.1, -0.05) is 51.8 Å². The molecule has 0 spiro atoms. The number of rotatable bonds is 3. The second-order valence-corrected chi connectivity index (χ2v) is 4.42. The van der Waals surface area contributed by atoms with E-state index in [1.807, 2.05) is 30.3 Å². The Bertz CT molecular complexity index is 490. The first-order valence-corrected chi connectivity index (χ1v) is 5.91. The number of hydrogen-bond acceptors (Lipinski definition) is 2. The van der Waals surface area contributed by atoms with Crippen molar-refractivity contribution in [3.63, 3.8) is 0 Å². The van der Waals surface area contributed by atoms with E-state index in [-0.39, 0.29) is 0 Å². The lowest BCUT2D eigenvalue weighted by molar-refractivity contribution is 0.293. The van der Waals surface area contributed by atoms with E-state index in [2.05, 4.69) is 20.9 Å². The highest BCUT2D eigenvalue weighted by Crippen LogP contribution is 2.18. The zero-order valence-corrected chi connectivity index (χ0v) is 10.7. The van der Waals surface area contributed by atoms with Crippen LogP contribution >= 0.6 is 27.5 Å². The van der Waals surface area contributed by atoms with Gasteiger partial charge in [-0.15, -0.1) is 0 Å². The van der Waals surface area contributed by atoms with E-state index in [4.69, 9.17) is 16.3 Å². The average molecular weight is 299 g/mol. The van der Waals surface area contributed by atoms with Crippen molar-refractivity contribution in [2.24, 2.45) is 0 Å². The van der Waals surface area contributed by atoms with E-state index in [0.717, 1.165) is 10.0 Å². The van der Waals surface area contributed by atoms with Crippen LogP contribution in [0.25, 0.3) is 0 Å². The first-order valence-electron chi connectivity index (χ1n) is 4.74. The Labute approximate surface area is 107 Å². The second kappa shape index (κ2) is 5.32. The predicted octanol–water partition coefficient (Wildman–Crippen LogP) is 4.08. The van der Waals surface area contributed by atoms with E-state index < -0.39 is 0 Å². The zero-order valence-electron chi connectivity index (χ0n) is 8.36. The van der Waals surface area contributed by atoms with Crippen molar-refractivity contribution in [2.45, 2.75) is 6.61 Å². The summed E-state index contributed by atoms with van der Waals surface area (Å²) in [6.07, 6.45) is 0. The number of benzene rings is 1. The molecule has 1 aromatic heterocycles. The largest absolute Gasteiger partial charge is 0.473 e. The van der Waals surface area contributed by atoms with Crippen molar-refractivity contribution in [3.05, 3.63) is 57.7 Å². The summed E-state index contributed by atoms with van der Waals surface area (Å²) < 4.78 is 6.55. The molecule has 0 atom stereocenters. The number of hydrogen-bond donors (Lipinski definition) is 0. The Morgan fingerprint density at radius 3 is 2.69 bits per heavy atom. The normalized spacial score (nSPS) is 10.1. The van der Waals surface area contributed by atoms with Crippen LogP contribution in [0.4, 0.5) is 0 Å². The van der Waals surface area contributed by atoms with E-state index in [0.29, 0.717) is 17.6 Å². The number of nitrogens with zero attached hydrogens (tertiary/aromatic N) is 1. The van der Waals surface area contributed by atoms with Crippen molar-refractivity contribution in [1.82, 2.24) is 4.98 Å². The maximum absolute atomic E-state index is 5.76. The fourth-order valence-electron chi connectivity index (χ4n) is 1.24. The standard InChI is InChI=1S/C12H9BrClNO/c13-10-5-2-1-4-9(10)8-16-12-7-3-6-11(14)15-12/h1-7H,8H2. The predicted molar refractivity (Wildman–Crippen MR) is 67.7 cm³/mol. The van der Waals surface area contributed by atoms with Crippen LogP contribution in [0.5, 0.6) is 5.88 Å². The van der Waals surface area contributed by atoms with Gasteiger partial charge >= 0.3 is 0 Å². The Balaban J connectivity index is 2.05. The van der Waals surface area contributed by atoms with Crippen LogP contribution in [0.15, 0.2) is 46.9 Å². The molecular formula is C12H9BrClNO. The summed E-state index contributed by atoms with van der Waals surface area (Å²) in [5.41, 5.74) is 1.07. The number of halogens is 2. The van der Waals surface area contributed by atoms with E-state index >= 15 is 0 Å². The highest BCUT2D eigenvalue weighted by molar-refractivity contribution is 9.10. The monoisotopic (exact) mass is 297 g/mol. The van der Waals surface area contributed by atoms with Gasteiger partial charge in [-0.2, -0.15) is 0 Å². The lowest BCUT2D eigenvalue weighted by Gasteiger charge is -2.06. The molecule has 2 nitrogen and oxygen atoms in total. The Morgan fingerprint density at radius 1 is 1.12 bits per heavy atom. The fraction of sp³-hybridized carbons (Fsp3) is 0.0833. The van der Waals surface area contributed by atoms with Gasteiger partial charge in [-0.3, -0.25) is 0 Å². The van der Waals surface area contributed by atoms with Crippen LogP contribution in [-0.4, -0.2) is 4.98 Å². The molecule has 1 aromatic carbocycles. The van der Waals surface area contributed by atoms with Gasteiger partial charge in [-0.25, -0.2) is 4.98 Å². The Hall–Kier alpha value is -1.06. The lowest BCUT2D eigenvalue weighted by atomic mass is 10.2. The average Bonchev–Trinajstić information content (AvgIpc) is 2.28. The van der Waals surface area contributed by atoms with Gasteiger partial charge < -0.3 is 4.74 Å². The zero-order chi connectivity index (χ0) is 11.4. The van der Waals surface area contributed by atoms with Gasteiger partial charge in [0.05, 0.1) is 0 Å². The third kappa shape index (κ3) is 2.97. The molecule has 0 saturated carbocycles. The van der Waals surface area contributed by atoms with Gasteiger partial charge in [0.1, 0.15) is 11.8 Å². The van der Waals surface area contributed by atoms with Crippen LogP contribution in [0.3, 0.4) is 0 Å². The van der Waals surface area contributed by atoms with Gasteiger partial charge in [0.15, 0.2) is 0 Å². The van der Waals surface area contributed by atoms with Crippen LogP contribution in [0.1, 0.15) is 5.56 Å². The minimum Gasteiger partial charge on any atom is -0.473 e. The molecule has 2 rings (SSSR count). The van der Waals surface area contributed by atoms with Crippen molar-refractivity contribution in [1.29, 1.82) is 0 Å². The first-order chi connectivity index (χ1) is 7.75. The molecule has 82 valence electrons. The van der Waals surface area contributed by atoms with Gasteiger partial charge in [0.2, 0.25) is 5.88 Å². The third-order valence-electron chi connectivity index (χ3n) is 2.02. The van der Waals surface area contributed by atoms with Crippen molar-refractivity contribution >= 4 is 27.5 Å². The Morgan fingerprint density at radius 2 is 1.94 bits per heavy atom. The van der Waals surface area contributed by atoms with E-state index in [9.17, 15) is 0 Å². The number of aromatic nitrogens is 1. The molecule has 0 saturated heterocycles. The van der Waals surface area contributed by atoms with Crippen LogP contribution in [0, 0.1) is 0 Å². The van der Waals surface area contributed by atoms with Gasteiger partial charge in [0, 0.05) is 16.1 Å². The van der Waals surface area contributed by atoms with Crippen LogP contribution in [-0.2, 0) is 6.61 Å². The minimum atomic E-state index is 0.435. The maximum Gasteiger partial charge on any atom is 0.214 e. The summed E-state index contributed by atoms with van der Waals surface area (Å²) in [7, 11) is 0. The summed E-state index contributed by atoms with van der Waals surface area (Å²) in [4.78, 5) is 4.05. The quantitative estimate of drug-likeness (QED) is 0.797. The molecule has 0 N–H and O–H groups in total. The van der Waals surface area contributed by atoms with Crippen molar-refractivity contribution in [3.8, 4) is 5.88 Å². The molecule has 0 unspecified atom stereocenters. The topological polar surface area (TPSA) is 22.1 Å². The number of pyridine rings is 1. The van der Waals surface area contributed by atoms with Gasteiger partial charge in [-0.05, 0) is 12.1 Å². The summed E-state index contributed by atoms with van der Waals surface area (Å²) >= 11 is 9.22.